The third kappa shape index (κ3) is 1.92. The normalized spacial score (nSPS) is 15.1. The summed E-state index contributed by atoms with van der Waals surface area (Å²) < 4.78 is 0. The summed E-state index contributed by atoms with van der Waals surface area (Å²) in [6, 6.07) is 6.20. The van der Waals surface area contributed by atoms with E-state index in [9.17, 15) is 0 Å². The van der Waals surface area contributed by atoms with Crippen LogP contribution in [0.5, 0.6) is 0 Å². The molecule has 0 unspecified atom stereocenters. The number of amidine groups is 1. The van der Waals surface area contributed by atoms with Crippen LogP contribution in [0.1, 0.15) is 18.4 Å². The molecule has 0 amide bonds. The van der Waals surface area contributed by atoms with E-state index in [-0.39, 0.29) is 5.84 Å². The summed E-state index contributed by atoms with van der Waals surface area (Å²) in [7, 11) is 2.02. The smallest absolute Gasteiger partial charge is 0.126 e. The minimum absolute atomic E-state index is 0.0306. The first-order valence-corrected chi connectivity index (χ1v) is 5.35. The van der Waals surface area contributed by atoms with Gasteiger partial charge in [0.15, 0.2) is 0 Å². The second-order valence-corrected chi connectivity index (χ2v) is 4.30. The van der Waals surface area contributed by atoms with Crippen molar-refractivity contribution in [1.82, 2.24) is 0 Å². The molecule has 1 aliphatic carbocycles. The molecular formula is C11H14ClN3. The van der Waals surface area contributed by atoms with Gasteiger partial charge in [-0.3, -0.25) is 5.41 Å². The van der Waals surface area contributed by atoms with Crippen molar-refractivity contribution in [3.05, 3.63) is 28.8 Å². The molecule has 1 aromatic rings. The summed E-state index contributed by atoms with van der Waals surface area (Å²) in [6.07, 6.45) is 2.42. The fourth-order valence-electron chi connectivity index (χ4n) is 1.73. The number of benzene rings is 1. The number of nitrogens with zero attached hydrogens (tertiary/aromatic N) is 1. The summed E-state index contributed by atoms with van der Waals surface area (Å²) in [5.74, 6) is 0.0306. The molecule has 0 atom stereocenters. The summed E-state index contributed by atoms with van der Waals surface area (Å²) >= 11 is 6.05. The standard InChI is InChI=1S/C11H14ClN3/c1-15(7-5-6-7)9-4-2-3-8(12)10(9)11(13)14/h2-4,7H,5-6H2,1H3,(H3,13,14). The van der Waals surface area contributed by atoms with E-state index in [1.54, 1.807) is 6.07 Å². The minimum atomic E-state index is 0.0306. The van der Waals surface area contributed by atoms with Crippen molar-refractivity contribution in [3.63, 3.8) is 0 Å². The van der Waals surface area contributed by atoms with E-state index < -0.39 is 0 Å². The lowest BCUT2D eigenvalue weighted by Crippen LogP contribution is -2.24. The quantitative estimate of drug-likeness (QED) is 0.610. The first-order chi connectivity index (χ1) is 7.11. The Bertz CT molecular complexity index is 399. The maximum atomic E-state index is 7.54. The number of hydrogen-bond acceptors (Lipinski definition) is 2. The number of rotatable bonds is 3. The van der Waals surface area contributed by atoms with Crippen molar-refractivity contribution in [1.29, 1.82) is 5.41 Å². The molecule has 15 heavy (non-hydrogen) atoms. The molecule has 2 rings (SSSR count). The van der Waals surface area contributed by atoms with Crippen LogP contribution in [-0.2, 0) is 0 Å². The minimum Gasteiger partial charge on any atom is -0.384 e. The van der Waals surface area contributed by atoms with Gasteiger partial charge in [0.1, 0.15) is 5.84 Å². The highest BCUT2D eigenvalue weighted by atomic mass is 35.5. The van der Waals surface area contributed by atoms with Crippen LogP contribution in [-0.4, -0.2) is 18.9 Å². The molecule has 0 radical (unpaired) electrons. The van der Waals surface area contributed by atoms with Crippen LogP contribution in [0.15, 0.2) is 18.2 Å². The van der Waals surface area contributed by atoms with Gasteiger partial charge in [0.05, 0.1) is 10.6 Å². The van der Waals surface area contributed by atoms with Crippen LogP contribution >= 0.6 is 11.6 Å². The van der Waals surface area contributed by atoms with E-state index in [2.05, 4.69) is 4.90 Å². The highest BCUT2D eigenvalue weighted by molar-refractivity contribution is 6.34. The maximum absolute atomic E-state index is 7.54. The molecule has 0 heterocycles. The van der Waals surface area contributed by atoms with Gasteiger partial charge in [0.25, 0.3) is 0 Å². The van der Waals surface area contributed by atoms with Gasteiger partial charge in [0, 0.05) is 18.8 Å². The first kappa shape index (κ1) is 10.3. The van der Waals surface area contributed by atoms with Crippen molar-refractivity contribution in [2.45, 2.75) is 18.9 Å². The van der Waals surface area contributed by atoms with E-state index in [1.165, 1.54) is 12.8 Å². The van der Waals surface area contributed by atoms with Gasteiger partial charge < -0.3 is 10.6 Å². The molecule has 4 heteroatoms. The molecular weight excluding hydrogens is 210 g/mol. The van der Waals surface area contributed by atoms with Crippen LogP contribution in [0, 0.1) is 5.41 Å². The Morgan fingerprint density at radius 2 is 2.20 bits per heavy atom. The van der Waals surface area contributed by atoms with Gasteiger partial charge in [-0.05, 0) is 25.0 Å². The summed E-state index contributed by atoms with van der Waals surface area (Å²) in [5.41, 5.74) is 7.15. The molecule has 3 nitrogen and oxygen atoms in total. The Labute approximate surface area is 94.3 Å². The fraction of sp³-hybridized carbons (Fsp3) is 0.364. The van der Waals surface area contributed by atoms with E-state index >= 15 is 0 Å². The topological polar surface area (TPSA) is 53.1 Å². The molecule has 80 valence electrons. The van der Waals surface area contributed by atoms with Gasteiger partial charge in [-0.25, -0.2) is 0 Å². The van der Waals surface area contributed by atoms with Crippen molar-refractivity contribution in [3.8, 4) is 0 Å². The fourth-order valence-corrected chi connectivity index (χ4v) is 2.00. The molecule has 0 bridgehead atoms. The maximum Gasteiger partial charge on any atom is 0.126 e. The number of nitrogens with two attached hydrogens (primary N) is 1. The lowest BCUT2D eigenvalue weighted by Gasteiger charge is -2.22. The molecule has 1 aliphatic rings. The molecule has 0 spiro atoms. The Hall–Kier alpha value is -1.22. The number of halogens is 1. The number of nitrogen functional groups attached to an aromatic ring is 1. The van der Waals surface area contributed by atoms with Crippen molar-refractivity contribution >= 4 is 23.1 Å². The monoisotopic (exact) mass is 223 g/mol. The predicted molar refractivity (Wildman–Crippen MR) is 63.9 cm³/mol. The Kier molecular flexibility index (Phi) is 2.57. The molecule has 1 fully saturated rings. The van der Waals surface area contributed by atoms with Crippen LogP contribution < -0.4 is 10.6 Å². The Morgan fingerprint density at radius 1 is 1.53 bits per heavy atom. The third-order valence-electron chi connectivity index (χ3n) is 2.74. The molecule has 0 saturated heterocycles. The van der Waals surface area contributed by atoms with Crippen molar-refractivity contribution in [2.75, 3.05) is 11.9 Å². The van der Waals surface area contributed by atoms with Gasteiger partial charge in [-0.15, -0.1) is 0 Å². The van der Waals surface area contributed by atoms with Crippen molar-refractivity contribution in [2.24, 2.45) is 5.73 Å². The molecule has 1 aromatic carbocycles. The second kappa shape index (κ2) is 3.74. The van der Waals surface area contributed by atoms with Crippen LogP contribution in [0.2, 0.25) is 5.02 Å². The highest BCUT2D eigenvalue weighted by Crippen LogP contribution is 2.34. The van der Waals surface area contributed by atoms with Gasteiger partial charge >= 0.3 is 0 Å². The highest BCUT2D eigenvalue weighted by Gasteiger charge is 2.28. The van der Waals surface area contributed by atoms with E-state index in [1.807, 2.05) is 19.2 Å². The zero-order valence-corrected chi connectivity index (χ0v) is 9.38. The number of anilines is 1. The summed E-state index contributed by atoms with van der Waals surface area (Å²) in [5, 5.41) is 8.09. The summed E-state index contributed by atoms with van der Waals surface area (Å²) in [4.78, 5) is 2.16. The van der Waals surface area contributed by atoms with Gasteiger partial charge in [-0.1, -0.05) is 17.7 Å². The lowest BCUT2D eigenvalue weighted by atomic mass is 10.1. The molecule has 0 aromatic heterocycles. The van der Waals surface area contributed by atoms with E-state index in [0.717, 1.165) is 5.69 Å². The number of nitrogens with one attached hydrogen (secondary N) is 1. The van der Waals surface area contributed by atoms with Crippen LogP contribution in [0.3, 0.4) is 0 Å². The van der Waals surface area contributed by atoms with Crippen LogP contribution in [0.25, 0.3) is 0 Å². The lowest BCUT2D eigenvalue weighted by molar-refractivity contribution is 0.915. The van der Waals surface area contributed by atoms with Crippen molar-refractivity contribution < 1.29 is 0 Å². The molecule has 3 N–H and O–H groups in total. The van der Waals surface area contributed by atoms with Crippen LogP contribution in [0.4, 0.5) is 5.69 Å². The van der Waals surface area contributed by atoms with E-state index in [0.29, 0.717) is 16.6 Å². The zero-order chi connectivity index (χ0) is 11.0. The largest absolute Gasteiger partial charge is 0.384 e. The summed E-state index contributed by atoms with van der Waals surface area (Å²) in [6.45, 7) is 0. The average Bonchev–Trinajstić information content (AvgIpc) is 2.98. The van der Waals surface area contributed by atoms with E-state index in [4.69, 9.17) is 22.7 Å². The zero-order valence-electron chi connectivity index (χ0n) is 8.63. The first-order valence-electron chi connectivity index (χ1n) is 4.97. The predicted octanol–water partition coefficient (Wildman–Crippen LogP) is 2.22. The average molecular weight is 224 g/mol. The molecule has 1 saturated carbocycles. The third-order valence-corrected chi connectivity index (χ3v) is 3.05. The molecule has 0 aliphatic heterocycles. The van der Waals surface area contributed by atoms with Gasteiger partial charge in [0.2, 0.25) is 0 Å². The van der Waals surface area contributed by atoms with Gasteiger partial charge in [-0.2, -0.15) is 0 Å². The Morgan fingerprint density at radius 3 is 2.73 bits per heavy atom. The number of hydrogen-bond donors (Lipinski definition) is 2. The second-order valence-electron chi connectivity index (χ2n) is 3.89. The SMILES string of the molecule is CN(c1cccc(Cl)c1C(=N)N)C1CC1. The Balaban J connectivity index is 2.44.